The normalized spacial score (nSPS) is 16.7. The minimum atomic E-state index is -0.804. The van der Waals surface area contributed by atoms with Crippen molar-refractivity contribution in [1.82, 2.24) is 14.8 Å². The van der Waals surface area contributed by atoms with Gasteiger partial charge in [0.1, 0.15) is 0 Å². The van der Waals surface area contributed by atoms with Gasteiger partial charge in [-0.25, -0.2) is 4.98 Å². The minimum absolute atomic E-state index is 0.0283. The first-order valence-corrected chi connectivity index (χ1v) is 11.7. The Morgan fingerprint density at radius 3 is 2.48 bits per heavy atom. The summed E-state index contributed by atoms with van der Waals surface area (Å²) in [5.74, 6) is -1.52. The molecule has 6 nitrogen and oxygen atoms in total. The van der Waals surface area contributed by atoms with Crippen LogP contribution in [0.1, 0.15) is 45.8 Å². The number of ketones is 1. The highest BCUT2D eigenvalue weighted by atomic mass is 35.5. The molecule has 1 amide bonds. The number of thiazole rings is 1. The molecular formula is C22H25Cl2N3O3S. The lowest BCUT2D eigenvalue weighted by Crippen LogP contribution is -2.38. The molecule has 3 rings (SSSR count). The van der Waals surface area contributed by atoms with Crippen LogP contribution in [-0.4, -0.2) is 57.8 Å². The summed E-state index contributed by atoms with van der Waals surface area (Å²) in [5, 5.41) is 12.3. The lowest BCUT2D eigenvalue weighted by Gasteiger charge is -2.29. The van der Waals surface area contributed by atoms with E-state index in [1.165, 1.54) is 16.2 Å². The topological polar surface area (TPSA) is 73.7 Å². The van der Waals surface area contributed by atoms with Crippen molar-refractivity contribution >= 4 is 46.2 Å². The molecule has 1 aliphatic heterocycles. The van der Waals surface area contributed by atoms with Crippen molar-refractivity contribution < 1.29 is 14.7 Å². The zero-order chi connectivity index (χ0) is 22.9. The number of aliphatic hydroxyl groups excluding tert-OH is 1. The molecule has 0 saturated heterocycles. The lowest BCUT2D eigenvalue weighted by atomic mass is 9.95. The number of Topliss-reactive ketones (excluding diaryl/α,β-unsaturated/α-hetero) is 1. The molecule has 0 aliphatic carbocycles. The molecule has 1 unspecified atom stereocenters. The maximum Gasteiger partial charge on any atom is 0.290 e. The number of amides is 1. The number of hydrogen-bond donors (Lipinski definition) is 1. The summed E-state index contributed by atoms with van der Waals surface area (Å²) >= 11 is 13.8. The molecule has 31 heavy (non-hydrogen) atoms. The Bertz CT molecular complexity index is 1050. The van der Waals surface area contributed by atoms with E-state index in [1.807, 2.05) is 20.8 Å². The van der Waals surface area contributed by atoms with Crippen molar-refractivity contribution in [1.29, 1.82) is 0 Å². The van der Waals surface area contributed by atoms with E-state index in [2.05, 4.69) is 9.88 Å². The Hall–Kier alpha value is -1.93. The smallest absolute Gasteiger partial charge is 0.290 e. The molecule has 1 aromatic heterocycles. The Morgan fingerprint density at radius 1 is 1.26 bits per heavy atom. The lowest BCUT2D eigenvalue weighted by molar-refractivity contribution is -0.129. The quantitative estimate of drug-likeness (QED) is 0.537. The molecule has 1 N–H and O–H groups in total. The molecule has 0 bridgehead atoms. The first kappa shape index (κ1) is 23.7. The Kier molecular flexibility index (Phi) is 7.42. The van der Waals surface area contributed by atoms with E-state index >= 15 is 0 Å². The zero-order valence-corrected chi connectivity index (χ0v) is 20.2. The second-order valence-corrected chi connectivity index (χ2v) is 9.38. The van der Waals surface area contributed by atoms with Crippen molar-refractivity contribution in [3.8, 4) is 0 Å². The molecule has 2 aromatic rings. The highest BCUT2D eigenvalue weighted by molar-refractivity contribution is 7.14. The molecular weight excluding hydrogens is 457 g/mol. The summed E-state index contributed by atoms with van der Waals surface area (Å²) in [6, 6.07) is 4.13. The van der Waals surface area contributed by atoms with Gasteiger partial charge < -0.3 is 14.9 Å². The third-order valence-corrected chi connectivity index (χ3v) is 7.10. The maximum absolute atomic E-state index is 13.5. The van der Waals surface area contributed by atoms with Crippen LogP contribution in [0.15, 0.2) is 29.5 Å². The minimum Gasteiger partial charge on any atom is -0.503 e. The Balaban J connectivity index is 2.09. The number of nitrogens with zero attached hydrogens (tertiary/aromatic N) is 3. The van der Waals surface area contributed by atoms with Gasteiger partial charge in [0.05, 0.1) is 27.2 Å². The number of hydrogen-bond acceptors (Lipinski definition) is 6. The predicted octanol–water partition coefficient (Wildman–Crippen LogP) is 4.99. The van der Waals surface area contributed by atoms with Gasteiger partial charge >= 0.3 is 0 Å². The van der Waals surface area contributed by atoms with Gasteiger partial charge in [0, 0.05) is 23.1 Å². The molecule has 0 saturated carbocycles. The predicted molar refractivity (Wildman–Crippen MR) is 124 cm³/mol. The van der Waals surface area contributed by atoms with E-state index in [0.29, 0.717) is 39.3 Å². The first-order chi connectivity index (χ1) is 14.7. The van der Waals surface area contributed by atoms with E-state index < -0.39 is 23.5 Å². The zero-order valence-electron chi connectivity index (χ0n) is 17.9. The number of aliphatic hydroxyl groups is 1. The molecule has 166 valence electrons. The van der Waals surface area contributed by atoms with Gasteiger partial charge in [-0.3, -0.25) is 9.59 Å². The largest absolute Gasteiger partial charge is 0.503 e. The van der Waals surface area contributed by atoms with Crippen LogP contribution < -0.4 is 0 Å². The molecule has 2 heterocycles. The van der Waals surface area contributed by atoms with Crippen molar-refractivity contribution in [2.45, 2.75) is 33.7 Å². The highest BCUT2D eigenvalue weighted by Crippen LogP contribution is 2.42. The standard InChI is InChI=1S/C22H25Cl2N3O3S/c1-5-26(6-2)9-10-27-18(15-8-7-14(23)11-16(15)24)17(20(29)22(27)30)19(28)21-12(3)25-13(4)31-21/h7-8,11,18,29H,5-6,9-10H2,1-4H3. The molecule has 9 heteroatoms. The van der Waals surface area contributed by atoms with Crippen LogP contribution in [0.2, 0.25) is 10.0 Å². The van der Waals surface area contributed by atoms with E-state index in [4.69, 9.17) is 23.2 Å². The number of carbonyl (C=O) groups excluding carboxylic acids is 2. The molecule has 0 radical (unpaired) electrons. The second kappa shape index (κ2) is 9.69. The van der Waals surface area contributed by atoms with Crippen LogP contribution >= 0.6 is 34.5 Å². The van der Waals surface area contributed by atoms with Crippen molar-refractivity contribution in [2.75, 3.05) is 26.2 Å². The summed E-state index contributed by atoms with van der Waals surface area (Å²) in [6.07, 6.45) is 0. The second-order valence-electron chi connectivity index (χ2n) is 7.33. The fourth-order valence-electron chi connectivity index (χ4n) is 3.82. The van der Waals surface area contributed by atoms with Crippen molar-refractivity contribution in [3.63, 3.8) is 0 Å². The highest BCUT2D eigenvalue weighted by Gasteiger charge is 2.45. The summed E-state index contributed by atoms with van der Waals surface area (Å²) < 4.78 is 0. The van der Waals surface area contributed by atoms with Gasteiger partial charge in [-0.15, -0.1) is 11.3 Å². The Labute approximate surface area is 196 Å². The fraction of sp³-hybridized carbons (Fsp3) is 0.409. The summed E-state index contributed by atoms with van der Waals surface area (Å²) in [4.78, 5) is 35.0. The van der Waals surface area contributed by atoms with Crippen LogP contribution in [0, 0.1) is 13.8 Å². The molecule has 1 aliphatic rings. The Morgan fingerprint density at radius 2 is 1.94 bits per heavy atom. The molecule has 1 atom stereocenters. The van der Waals surface area contributed by atoms with E-state index in [-0.39, 0.29) is 5.57 Å². The average Bonchev–Trinajstić information content (AvgIpc) is 3.18. The van der Waals surface area contributed by atoms with Gasteiger partial charge in [-0.1, -0.05) is 43.1 Å². The van der Waals surface area contributed by atoms with Gasteiger partial charge in [0.15, 0.2) is 5.76 Å². The third kappa shape index (κ3) is 4.65. The van der Waals surface area contributed by atoms with Gasteiger partial charge in [-0.2, -0.15) is 0 Å². The maximum atomic E-state index is 13.5. The van der Waals surface area contributed by atoms with Gasteiger partial charge in [0.25, 0.3) is 5.91 Å². The van der Waals surface area contributed by atoms with Crippen molar-refractivity contribution in [2.24, 2.45) is 0 Å². The summed E-state index contributed by atoms with van der Waals surface area (Å²) in [6.45, 7) is 10.2. The van der Waals surface area contributed by atoms with Crippen LogP contribution in [0.25, 0.3) is 0 Å². The number of benzene rings is 1. The number of likely N-dealkylation sites (N-methyl/N-ethyl adjacent to an activating group) is 1. The summed E-state index contributed by atoms with van der Waals surface area (Å²) in [5.41, 5.74) is 1.15. The van der Waals surface area contributed by atoms with E-state index in [9.17, 15) is 14.7 Å². The van der Waals surface area contributed by atoms with Crippen molar-refractivity contribution in [3.05, 3.63) is 60.7 Å². The average molecular weight is 482 g/mol. The summed E-state index contributed by atoms with van der Waals surface area (Å²) in [7, 11) is 0. The SMILES string of the molecule is CCN(CC)CCN1C(=O)C(O)=C(C(=O)c2sc(C)nc2C)C1c1ccc(Cl)cc1Cl. The number of aromatic nitrogens is 1. The molecule has 0 spiro atoms. The fourth-order valence-corrected chi connectivity index (χ4v) is 5.20. The van der Waals surface area contributed by atoms with Gasteiger partial charge in [-0.05, 0) is 44.6 Å². The molecule has 0 fully saturated rings. The van der Waals surface area contributed by atoms with Gasteiger partial charge in [0.2, 0.25) is 5.78 Å². The monoisotopic (exact) mass is 481 g/mol. The van der Waals surface area contributed by atoms with Crippen LogP contribution in [0.4, 0.5) is 0 Å². The number of rotatable bonds is 8. The van der Waals surface area contributed by atoms with Crippen LogP contribution in [-0.2, 0) is 4.79 Å². The van der Waals surface area contributed by atoms with Crippen LogP contribution in [0.5, 0.6) is 0 Å². The third-order valence-electron chi connectivity index (χ3n) is 5.47. The van der Waals surface area contributed by atoms with Crippen LogP contribution in [0.3, 0.4) is 0 Å². The number of halogens is 2. The molecule has 1 aromatic carbocycles. The van der Waals surface area contributed by atoms with E-state index in [0.717, 1.165) is 18.1 Å². The number of aryl methyl sites for hydroxylation is 2. The number of carbonyl (C=O) groups is 2. The first-order valence-electron chi connectivity index (χ1n) is 10.1. The van der Waals surface area contributed by atoms with E-state index in [1.54, 1.807) is 25.1 Å².